The van der Waals surface area contributed by atoms with Gasteiger partial charge in [-0.1, -0.05) is 15.9 Å². The smallest absolute Gasteiger partial charge is 0.120 e. The molecule has 0 spiro atoms. The van der Waals surface area contributed by atoms with Crippen LogP contribution < -0.4 is 10.5 Å². The van der Waals surface area contributed by atoms with Gasteiger partial charge in [0.1, 0.15) is 5.75 Å². The summed E-state index contributed by atoms with van der Waals surface area (Å²) < 4.78 is 6.23. The molecule has 0 aliphatic rings. The normalized spacial score (nSPS) is 11.6. The molecule has 0 aliphatic heterocycles. The lowest BCUT2D eigenvalue weighted by molar-refractivity contribution is 0.411. The molecular formula is C11H16BrNO. The number of benzene rings is 1. The summed E-state index contributed by atoms with van der Waals surface area (Å²) in [6.07, 6.45) is 0. The number of methoxy groups -OCH3 is 1. The molecule has 0 saturated heterocycles. The zero-order valence-electron chi connectivity index (χ0n) is 9.02. The fourth-order valence-electron chi connectivity index (χ4n) is 1.44. The van der Waals surface area contributed by atoms with Gasteiger partial charge in [-0.05, 0) is 44.0 Å². The van der Waals surface area contributed by atoms with Gasteiger partial charge >= 0.3 is 0 Å². The van der Waals surface area contributed by atoms with E-state index in [2.05, 4.69) is 15.9 Å². The summed E-state index contributed by atoms with van der Waals surface area (Å²) >= 11 is 3.49. The van der Waals surface area contributed by atoms with Crippen LogP contribution in [-0.4, -0.2) is 7.11 Å². The molecule has 1 aromatic carbocycles. The second-order valence-corrected chi connectivity index (χ2v) is 4.86. The van der Waals surface area contributed by atoms with Crippen molar-refractivity contribution in [1.82, 2.24) is 0 Å². The highest BCUT2D eigenvalue weighted by Crippen LogP contribution is 2.31. The second kappa shape index (κ2) is 3.91. The maximum Gasteiger partial charge on any atom is 0.120 e. The van der Waals surface area contributed by atoms with E-state index in [-0.39, 0.29) is 5.54 Å². The molecule has 0 heterocycles. The van der Waals surface area contributed by atoms with Gasteiger partial charge in [-0.3, -0.25) is 0 Å². The maximum atomic E-state index is 6.07. The molecule has 3 heteroatoms. The Morgan fingerprint density at radius 2 is 1.93 bits per heavy atom. The zero-order chi connectivity index (χ0) is 10.9. The largest absolute Gasteiger partial charge is 0.497 e. The van der Waals surface area contributed by atoms with Crippen LogP contribution >= 0.6 is 15.9 Å². The maximum absolute atomic E-state index is 6.07. The van der Waals surface area contributed by atoms with E-state index >= 15 is 0 Å². The summed E-state index contributed by atoms with van der Waals surface area (Å²) in [6, 6.07) is 3.94. The summed E-state index contributed by atoms with van der Waals surface area (Å²) in [7, 11) is 1.66. The second-order valence-electron chi connectivity index (χ2n) is 4.00. The Morgan fingerprint density at radius 3 is 2.36 bits per heavy atom. The Kier molecular flexibility index (Phi) is 3.22. The number of rotatable bonds is 2. The fourth-order valence-corrected chi connectivity index (χ4v) is 1.88. The molecule has 78 valence electrons. The van der Waals surface area contributed by atoms with E-state index in [0.29, 0.717) is 0 Å². The van der Waals surface area contributed by atoms with Crippen LogP contribution in [0.1, 0.15) is 25.0 Å². The first-order valence-electron chi connectivity index (χ1n) is 4.49. The van der Waals surface area contributed by atoms with Crippen LogP contribution in [0.2, 0.25) is 0 Å². The zero-order valence-corrected chi connectivity index (χ0v) is 10.6. The lowest BCUT2D eigenvalue weighted by Gasteiger charge is -2.23. The highest BCUT2D eigenvalue weighted by atomic mass is 79.9. The van der Waals surface area contributed by atoms with Gasteiger partial charge in [-0.15, -0.1) is 0 Å². The molecule has 0 fully saturated rings. The fraction of sp³-hybridized carbons (Fsp3) is 0.455. The van der Waals surface area contributed by atoms with Gasteiger partial charge in [0.25, 0.3) is 0 Å². The summed E-state index contributed by atoms with van der Waals surface area (Å²) in [5.74, 6) is 0.830. The number of hydrogen-bond acceptors (Lipinski definition) is 2. The van der Waals surface area contributed by atoms with Crippen LogP contribution in [0.4, 0.5) is 0 Å². The first-order valence-corrected chi connectivity index (χ1v) is 5.29. The predicted octanol–water partition coefficient (Wildman–Crippen LogP) is 2.96. The van der Waals surface area contributed by atoms with Crippen molar-refractivity contribution in [3.05, 3.63) is 27.7 Å². The van der Waals surface area contributed by atoms with Crippen molar-refractivity contribution >= 4 is 15.9 Å². The molecule has 0 aliphatic carbocycles. The molecule has 0 saturated carbocycles. The first-order chi connectivity index (χ1) is 6.36. The Bertz CT molecular complexity index is 342. The average molecular weight is 258 g/mol. The molecule has 0 amide bonds. The van der Waals surface area contributed by atoms with E-state index in [9.17, 15) is 0 Å². The molecular weight excluding hydrogens is 242 g/mol. The monoisotopic (exact) mass is 257 g/mol. The van der Waals surface area contributed by atoms with Gasteiger partial charge in [0.05, 0.1) is 7.11 Å². The van der Waals surface area contributed by atoms with E-state index in [1.807, 2.05) is 32.9 Å². The van der Waals surface area contributed by atoms with E-state index in [0.717, 1.165) is 15.8 Å². The molecule has 0 radical (unpaired) electrons. The third kappa shape index (κ3) is 2.28. The van der Waals surface area contributed by atoms with Crippen molar-refractivity contribution in [2.24, 2.45) is 5.73 Å². The van der Waals surface area contributed by atoms with Crippen LogP contribution in [0.3, 0.4) is 0 Å². The Labute approximate surface area is 93.6 Å². The Balaban J connectivity index is 3.35. The minimum atomic E-state index is -0.346. The van der Waals surface area contributed by atoms with Crippen molar-refractivity contribution in [1.29, 1.82) is 0 Å². The van der Waals surface area contributed by atoms with Crippen LogP contribution in [0, 0.1) is 6.92 Å². The van der Waals surface area contributed by atoms with Gasteiger partial charge in [-0.2, -0.15) is 0 Å². The topological polar surface area (TPSA) is 35.2 Å². The predicted molar refractivity (Wildman–Crippen MR) is 62.6 cm³/mol. The quantitative estimate of drug-likeness (QED) is 0.885. The van der Waals surface area contributed by atoms with Crippen molar-refractivity contribution in [3.63, 3.8) is 0 Å². The first kappa shape index (κ1) is 11.5. The van der Waals surface area contributed by atoms with E-state index in [1.165, 1.54) is 5.56 Å². The lowest BCUT2D eigenvalue weighted by Crippen LogP contribution is -2.29. The Morgan fingerprint density at radius 1 is 1.36 bits per heavy atom. The lowest BCUT2D eigenvalue weighted by atomic mass is 9.91. The van der Waals surface area contributed by atoms with E-state index in [4.69, 9.17) is 10.5 Å². The third-order valence-electron chi connectivity index (χ3n) is 2.25. The van der Waals surface area contributed by atoms with Crippen molar-refractivity contribution in [2.75, 3.05) is 7.11 Å². The molecule has 2 nitrogen and oxygen atoms in total. The molecule has 0 aromatic heterocycles. The van der Waals surface area contributed by atoms with Gasteiger partial charge < -0.3 is 10.5 Å². The molecule has 1 rings (SSSR count). The van der Waals surface area contributed by atoms with Crippen LogP contribution in [0.25, 0.3) is 0 Å². The van der Waals surface area contributed by atoms with E-state index in [1.54, 1.807) is 7.11 Å². The van der Waals surface area contributed by atoms with E-state index < -0.39 is 0 Å². The summed E-state index contributed by atoms with van der Waals surface area (Å²) in [5.41, 5.74) is 7.99. The van der Waals surface area contributed by atoms with Crippen LogP contribution in [0.15, 0.2) is 16.6 Å². The number of halogens is 1. The summed E-state index contributed by atoms with van der Waals surface area (Å²) in [5, 5.41) is 0. The number of hydrogen-bond donors (Lipinski definition) is 1. The van der Waals surface area contributed by atoms with Crippen LogP contribution in [-0.2, 0) is 5.54 Å². The molecule has 0 atom stereocenters. The summed E-state index contributed by atoms with van der Waals surface area (Å²) in [4.78, 5) is 0. The van der Waals surface area contributed by atoms with Crippen LogP contribution in [0.5, 0.6) is 5.75 Å². The Hall–Kier alpha value is -0.540. The highest BCUT2D eigenvalue weighted by Gasteiger charge is 2.19. The molecule has 1 aromatic rings. The third-order valence-corrected chi connectivity index (χ3v) is 3.07. The number of nitrogens with two attached hydrogens (primary N) is 1. The highest BCUT2D eigenvalue weighted by molar-refractivity contribution is 9.10. The number of ether oxygens (including phenoxy) is 1. The van der Waals surface area contributed by atoms with Crippen molar-refractivity contribution < 1.29 is 4.74 Å². The van der Waals surface area contributed by atoms with Crippen molar-refractivity contribution in [3.8, 4) is 5.75 Å². The van der Waals surface area contributed by atoms with Crippen molar-refractivity contribution in [2.45, 2.75) is 26.3 Å². The minimum absolute atomic E-state index is 0.346. The molecule has 14 heavy (non-hydrogen) atoms. The summed E-state index contributed by atoms with van der Waals surface area (Å²) in [6.45, 7) is 6.02. The molecule has 2 N–H and O–H groups in total. The molecule has 0 bridgehead atoms. The van der Waals surface area contributed by atoms with Gasteiger partial charge in [0.15, 0.2) is 0 Å². The minimum Gasteiger partial charge on any atom is -0.497 e. The average Bonchev–Trinajstić information content (AvgIpc) is 2.07. The van der Waals surface area contributed by atoms with Gasteiger partial charge in [-0.25, -0.2) is 0 Å². The van der Waals surface area contributed by atoms with Gasteiger partial charge in [0, 0.05) is 10.0 Å². The van der Waals surface area contributed by atoms with Gasteiger partial charge in [0.2, 0.25) is 0 Å². The standard InChI is InChI=1S/C11H16BrNO/c1-7-9(11(2,3)13)5-8(14-4)6-10(7)12/h5-6H,13H2,1-4H3. The SMILES string of the molecule is COc1cc(Br)c(C)c(C(C)(C)N)c1. The molecule has 0 unspecified atom stereocenters.